The second-order valence-corrected chi connectivity index (χ2v) is 7.97. The van der Waals surface area contributed by atoms with E-state index in [1.165, 1.54) is 36.8 Å². The highest BCUT2D eigenvalue weighted by Gasteiger charge is 2.35. The van der Waals surface area contributed by atoms with Crippen molar-refractivity contribution in [1.29, 1.82) is 0 Å². The first-order valence-electron chi connectivity index (χ1n) is 10.4. The number of nitrogens with zero attached hydrogens (tertiary/aromatic N) is 3. The van der Waals surface area contributed by atoms with E-state index in [2.05, 4.69) is 54.8 Å². The van der Waals surface area contributed by atoms with E-state index in [-0.39, 0.29) is 5.91 Å². The molecule has 4 heteroatoms. The molecule has 0 radical (unpaired) electrons. The minimum atomic E-state index is 0.284. The van der Waals surface area contributed by atoms with Crippen LogP contribution < -0.4 is 0 Å². The standard InChI is InChI=1S/C22H35N3O/c1-4-24(5-2)22(26)17-23-13-11-21(12-14-23)25(20-9-10-20)16-19-8-6-7-18(3)15-19/h6-8,15,20-21H,4-5,9-14,16-17H2,1-3H3. The zero-order valence-electron chi connectivity index (χ0n) is 16.8. The Bertz CT molecular complexity index is 587. The zero-order valence-corrected chi connectivity index (χ0v) is 16.8. The van der Waals surface area contributed by atoms with E-state index < -0.39 is 0 Å². The Morgan fingerprint density at radius 2 is 1.73 bits per heavy atom. The van der Waals surface area contributed by atoms with Gasteiger partial charge in [0.05, 0.1) is 6.54 Å². The Hall–Kier alpha value is -1.39. The number of hydrogen-bond acceptors (Lipinski definition) is 3. The summed E-state index contributed by atoms with van der Waals surface area (Å²) in [5, 5.41) is 0. The number of hydrogen-bond donors (Lipinski definition) is 0. The molecule has 1 aromatic rings. The lowest BCUT2D eigenvalue weighted by Crippen LogP contribution is -2.48. The van der Waals surface area contributed by atoms with Crippen molar-refractivity contribution < 1.29 is 4.79 Å². The molecule has 0 unspecified atom stereocenters. The second kappa shape index (κ2) is 9.01. The van der Waals surface area contributed by atoms with Crippen molar-refractivity contribution >= 4 is 5.91 Å². The van der Waals surface area contributed by atoms with Gasteiger partial charge in [-0.3, -0.25) is 14.6 Å². The number of piperidine rings is 1. The van der Waals surface area contributed by atoms with Crippen LogP contribution in [-0.2, 0) is 11.3 Å². The highest BCUT2D eigenvalue weighted by molar-refractivity contribution is 5.78. The first-order chi connectivity index (χ1) is 12.6. The molecule has 1 saturated carbocycles. The molecule has 1 saturated heterocycles. The third-order valence-electron chi connectivity index (χ3n) is 5.96. The number of aryl methyl sites for hydroxylation is 1. The van der Waals surface area contributed by atoms with Crippen LogP contribution in [0.1, 0.15) is 50.7 Å². The van der Waals surface area contributed by atoms with E-state index in [1.54, 1.807) is 0 Å². The quantitative estimate of drug-likeness (QED) is 0.714. The van der Waals surface area contributed by atoms with Crippen molar-refractivity contribution in [1.82, 2.24) is 14.7 Å². The largest absolute Gasteiger partial charge is 0.342 e. The number of rotatable bonds is 8. The molecule has 4 nitrogen and oxygen atoms in total. The lowest BCUT2D eigenvalue weighted by Gasteiger charge is -2.39. The summed E-state index contributed by atoms with van der Waals surface area (Å²) < 4.78 is 0. The fourth-order valence-electron chi connectivity index (χ4n) is 4.26. The maximum atomic E-state index is 12.4. The molecule has 0 aromatic heterocycles. The van der Waals surface area contributed by atoms with Gasteiger partial charge < -0.3 is 4.90 Å². The Kier molecular flexibility index (Phi) is 6.71. The molecule has 3 rings (SSSR count). The van der Waals surface area contributed by atoms with Gasteiger partial charge in [-0.15, -0.1) is 0 Å². The van der Waals surface area contributed by atoms with Crippen LogP contribution in [0.25, 0.3) is 0 Å². The summed E-state index contributed by atoms with van der Waals surface area (Å²) in [7, 11) is 0. The minimum absolute atomic E-state index is 0.284. The maximum absolute atomic E-state index is 12.4. The molecule has 1 aromatic carbocycles. The highest BCUT2D eigenvalue weighted by atomic mass is 16.2. The van der Waals surface area contributed by atoms with E-state index in [4.69, 9.17) is 0 Å². The van der Waals surface area contributed by atoms with Gasteiger partial charge in [-0.05, 0) is 52.0 Å². The van der Waals surface area contributed by atoms with Crippen LogP contribution >= 0.6 is 0 Å². The number of likely N-dealkylation sites (tertiary alicyclic amines) is 1. The molecule has 0 N–H and O–H groups in total. The van der Waals surface area contributed by atoms with Crippen molar-refractivity contribution in [2.75, 3.05) is 32.7 Å². The van der Waals surface area contributed by atoms with E-state index in [0.717, 1.165) is 38.8 Å². The van der Waals surface area contributed by atoms with Gasteiger partial charge in [-0.1, -0.05) is 29.8 Å². The lowest BCUT2D eigenvalue weighted by atomic mass is 10.0. The fourth-order valence-corrected chi connectivity index (χ4v) is 4.26. The van der Waals surface area contributed by atoms with Crippen molar-refractivity contribution in [3.8, 4) is 0 Å². The van der Waals surface area contributed by atoms with Crippen molar-refractivity contribution in [2.45, 2.75) is 65.1 Å². The first-order valence-corrected chi connectivity index (χ1v) is 10.4. The minimum Gasteiger partial charge on any atom is -0.342 e. The van der Waals surface area contributed by atoms with Gasteiger partial charge in [0, 0.05) is 44.8 Å². The number of carbonyl (C=O) groups is 1. The topological polar surface area (TPSA) is 26.8 Å². The van der Waals surface area contributed by atoms with Crippen molar-refractivity contribution in [2.24, 2.45) is 0 Å². The molecule has 1 heterocycles. The summed E-state index contributed by atoms with van der Waals surface area (Å²) in [6, 6.07) is 10.4. The highest BCUT2D eigenvalue weighted by Crippen LogP contribution is 2.33. The van der Waals surface area contributed by atoms with Crippen LogP contribution in [0.15, 0.2) is 24.3 Å². The normalized spacial score (nSPS) is 19.1. The van der Waals surface area contributed by atoms with Gasteiger partial charge in [0.1, 0.15) is 0 Å². The van der Waals surface area contributed by atoms with Crippen LogP contribution in [-0.4, -0.2) is 65.4 Å². The zero-order chi connectivity index (χ0) is 18.5. The smallest absolute Gasteiger partial charge is 0.236 e. The van der Waals surface area contributed by atoms with Gasteiger partial charge in [0.25, 0.3) is 0 Å². The fraction of sp³-hybridized carbons (Fsp3) is 0.682. The molecule has 2 aliphatic rings. The first kappa shape index (κ1) is 19.4. The number of likely N-dealkylation sites (N-methyl/N-ethyl adjacent to an activating group) is 1. The van der Waals surface area contributed by atoms with Crippen molar-refractivity contribution in [3.05, 3.63) is 35.4 Å². The van der Waals surface area contributed by atoms with E-state index >= 15 is 0 Å². The van der Waals surface area contributed by atoms with E-state index in [1.807, 2.05) is 4.90 Å². The molecule has 0 atom stereocenters. The van der Waals surface area contributed by atoms with Crippen LogP contribution in [0.3, 0.4) is 0 Å². The monoisotopic (exact) mass is 357 g/mol. The molecular weight excluding hydrogens is 322 g/mol. The van der Waals surface area contributed by atoms with E-state index in [9.17, 15) is 4.79 Å². The number of carbonyl (C=O) groups excluding carboxylic acids is 1. The Morgan fingerprint density at radius 1 is 1.08 bits per heavy atom. The molecule has 2 fully saturated rings. The molecule has 0 bridgehead atoms. The average molecular weight is 358 g/mol. The van der Waals surface area contributed by atoms with Crippen LogP contribution in [0.5, 0.6) is 0 Å². The molecule has 26 heavy (non-hydrogen) atoms. The van der Waals surface area contributed by atoms with Gasteiger partial charge in [0.2, 0.25) is 5.91 Å². The molecule has 0 spiro atoms. The van der Waals surface area contributed by atoms with Crippen LogP contribution in [0.4, 0.5) is 0 Å². The predicted molar refractivity (Wildman–Crippen MR) is 107 cm³/mol. The van der Waals surface area contributed by atoms with Gasteiger partial charge >= 0.3 is 0 Å². The van der Waals surface area contributed by atoms with Crippen LogP contribution in [0, 0.1) is 6.92 Å². The summed E-state index contributed by atoms with van der Waals surface area (Å²) in [4.78, 5) is 19.4. The molecule has 1 amide bonds. The summed E-state index contributed by atoms with van der Waals surface area (Å²) in [5.41, 5.74) is 2.79. The lowest BCUT2D eigenvalue weighted by molar-refractivity contribution is -0.132. The predicted octanol–water partition coefficient (Wildman–Crippen LogP) is 3.29. The Morgan fingerprint density at radius 3 is 2.31 bits per heavy atom. The summed E-state index contributed by atoms with van der Waals surface area (Å²) in [6.45, 7) is 11.7. The van der Waals surface area contributed by atoms with Crippen LogP contribution in [0.2, 0.25) is 0 Å². The van der Waals surface area contributed by atoms with Gasteiger partial charge in [-0.2, -0.15) is 0 Å². The summed E-state index contributed by atoms with van der Waals surface area (Å²) in [5.74, 6) is 0.284. The Balaban J connectivity index is 1.53. The number of amides is 1. The summed E-state index contributed by atoms with van der Waals surface area (Å²) >= 11 is 0. The summed E-state index contributed by atoms with van der Waals surface area (Å²) in [6.07, 6.45) is 5.08. The van der Waals surface area contributed by atoms with E-state index in [0.29, 0.717) is 12.6 Å². The maximum Gasteiger partial charge on any atom is 0.236 e. The molecule has 144 valence electrons. The van der Waals surface area contributed by atoms with Crippen molar-refractivity contribution in [3.63, 3.8) is 0 Å². The second-order valence-electron chi connectivity index (χ2n) is 7.97. The average Bonchev–Trinajstić information content (AvgIpc) is 3.47. The third-order valence-corrected chi connectivity index (χ3v) is 5.96. The third kappa shape index (κ3) is 5.08. The number of benzene rings is 1. The van der Waals surface area contributed by atoms with Gasteiger partial charge in [-0.25, -0.2) is 0 Å². The SMILES string of the molecule is CCN(CC)C(=O)CN1CCC(N(Cc2cccc(C)c2)C2CC2)CC1. The molecular formula is C22H35N3O. The Labute approximate surface area is 159 Å². The van der Waals surface area contributed by atoms with Gasteiger partial charge in [0.15, 0.2) is 0 Å². The molecule has 1 aliphatic heterocycles. The molecule has 1 aliphatic carbocycles.